The van der Waals surface area contributed by atoms with Crippen LogP contribution in [0.3, 0.4) is 0 Å². The predicted octanol–water partition coefficient (Wildman–Crippen LogP) is 9.75. The summed E-state index contributed by atoms with van der Waals surface area (Å²) in [5, 5.41) is 9.87. The maximum Gasteiger partial charge on any atom is 0.140 e. The average molecular weight is 580 g/mol. The zero-order valence-corrected chi connectivity index (χ0v) is 25.0. The minimum Gasteiger partial charge on any atom is -0.294 e. The summed E-state index contributed by atoms with van der Waals surface area (Å²) < 4.78 is 6.65. The Morgan fingerprint density at radius 1 is 0.467 bits per heavy atom. The summed E-state index contributed by atoms with van der Waals surface area (Å²) in [6.07, 6.45) is 0. The van der Waals surface area contributed by atoms with Gasteiger partial charge in [-0.3, -0.25) is 9.13 Å². The van der Waals surface area contributed by atoms with Gasteiger partial charge in [-0.1, -0.05) is 91.0 Å². The third-order valence-electron chi connectivity index (χ3n) is 9.00. The van der Waals surface area contributed by atoms with Crippen molar-refractivity contribution in [3.05, 3.63) is 151 Å². The minimum absolute atomic E-state index is 0.869. The lowest BCUT2D eigenvalue weighted by molar-refractivity contribution is 0.834. The molecule has 0 fully saturated rings. The fraction of sp³-hybridized carbons (Fsp3) is 0.0500. The van der Waals surface area contributed by atoms with E-state index < -0.39 is 0 Å². The summed E-state index contributed by atoms with van der Waals surface area (Å²) in [6.45, 7) is 4.26. The molecule has 4 heterocycles. The van der Waals surface area contributed by atoms with Crippen LogP contribution in [-0.4, -0.2) is 23.9 Å². The largest absolute Gasteiger partial charge is 0.294 e. The molecule has 0 N–H and O–H groups in total. The average Bonchev–Trinajstić information content (AvgIpc) is 3.71. The summed E-state index contributed by atoms with van der Waals surface area (Å²) in [7, 11) is 0. The number of fused-ring (bicyclic) bond motifs is 6. The SMILES string of the molecule is Cc1nn(-c2ccccc2)c(C)c1-c1cc(-n2c3ccccc3c3ccccc32)nc(-n2c3ccccc3c3ccccc32)c1. The van der Waals surface area contributed by atoms with Gasteiger partial charge in [0.05, 0.1) is 33.4 Å². The molecule has 0 aliphatic carbocycles. The molecular formula is C40H29N5. The van der Waals surface area contributed by atoms with Gasteiger partial charge in [0.1, 0.15) is 11.6 Å². The van der Waals surface area contributed by atoms with Crippen LogP contribution in [0.15, 0.2) is 140 Å². The maximum atomic E-state index is 5.47. The molecule has 5 nitrogen and oxygen atoms in total. The molecule has 0 spiro atoms. The van der Waals surface area contributed by atoms with Crippen molar-refractivity contribution in [3.63, 3.8) is 0 Å². The molecule has 4 aromatic heterocycles. The van der Waals surface area contributed by atoms with E-state index >= 15 is 0 Å². The van der Waals surface area contributed by atoms with E-state index in [-0.39, 0.29) is 0 Å². The number of para-hydroxylation sites is 5. The smallest absolute Gasteiger partial charge is 0.140 e. The molecule has 0 saturated heterocycles. The Morgan fingerprint density at radius 3 is 1.31 bits per heavy atom. The number of aryl methyl sites for hydroxylation is 1. The molecule has 0 unspecified atom stereocenters. The summed E-state index contributed by atoms with van der Waals surface area (Å²) in [6, 6.07) is 49.2. The second kappa shape index (κ2) is 9.79. The third kappa shape index (κ3) is 3.80. The number of rotatable bonds is 4. The Hall–Kier alpha value is -5.94. The van der Waals surface area contributed by atoms with Crippen LogP contribution in [0.25, 0.3) is 72.1 Å². The second-order valence-corrected chi connectivity index (χ2v) is 11.6. The van der Waals surface area contributed by atoms with Crippen molar-refractivity contribution >= 4 is 43.6 Å². The summed E-state index contributed by atoms with van der Waals surface area (Å²) in [5.74, 6) is 1.74. The number of pyridine rings is 1. The van der Waals surface area contributed by atoms with Gasteiger partial charge >= 0.3 is 0 Å². The quantitative estimate of drug-likeness (QED) is 0.208. The van der Waals surface area contributed by atoms with Gasteiger partial charge in [-0.05, 0) is 67.9 Å². The Bertz CT molecular complexity index is 2330. The number of hydrogen-bond acceptors (Lipinski definition) is 2. The molecule has 0 aliphatic heterocycles. The van der Waals surface area contributed by atoms with Crippen LogP contribution < -0.4 is 0 Å². The first-order valence-corrected chi connectivity index (χ1v) is 15.3. The van der Waals surface area contributed by atoms with Crippen molar-refractivity contribution in [2.24, 2.45) is 0 Å². The number of hydrogen-bond donors (Lipinski definition) is 0. The van der Waals surface area contributed by atoms with Gasteiger partial charge in [0, 0.05) is 32.8 Å². The van der Waals surface area contributed by atoms with Gasteiger partial charge in [-0.2, -0.15) is 5.10 Å². The summed E-state index contributed by atoms with van der Waals surface area (Å²) >= 11 is 0. The highest BCUT2D eigenvalue weighted by Gasteiger charge is 2.21. The number of benzene rings is 5. The lowest BCUT2D eigenvalue weighted by Crippen LogP contribution is -2.05. The Labute approximate surface area is 260 Å². The van der Waals surface area contributed by atoms with Gasteiger partial charge < -0.3 is 0 Å². The van der Waals surface area contributed by atoms with Crippen LogP contribution in [0.5, 0.6) is 0 Å². The minimum atomic E-state index is 0.869. The fourth-order valence-corrected chi connectivity index (χ4v) is 7.09. The van der Waals surface area contributed by atoms with Crippen LogP contribution in [0, 0.1) is 13.8 Å². The normalized spacial score (nSPS) is 11.8. The van der Waals surface area contributed by atoms with E-state index in [1.54, 1.807) is 0 Å². The summed E-state index contributed by atoms with van der Waals surface area (Å²) in [4.78, 5) is 5.47. The van der Waals surface area contributed by atoms with Gasteiger partial charge in [-0.25, -0.2) is 9.67 Å². The van der Waals surface area contributed by atoms with Crippen molar-refractivity contribution in [1.82, 2.24) is 23.9 Å². The van der Waals surface area contributed by atoms with Gasteiger partial charge in [0.2, 0.25) is 0 Å². The fourth-order valence-electron chi connectivity index (χ4n) is 7.09. The van der Waals surface area contributed by atoms with Crippen LogP contribution in [0.2, 0.25) is 0 Å². The van der Waals surface area contributed by atoms with Gasteiger partial charge in [0.25, 0.3) is 0 Å². The molecule has 0 aliphatic rings. The Morgan fingerprint density at radius 2 is 0.867 bits per heavy atom. The van der Waals surface area contributed by atoms with Crippen molar-refractivity contribution in [2.45, 2.75) is 13.8 Å². The molecule has 45 heavy (non-hydrogen) atoms. The van der Waals surface area contributed by atoms with E-state index in [0.717, 1.165) is 61.9 Å². The zero-order valence-electron chi connectivity index (χ0n) is 25.0. The molecule has 5 heteroatoms. The molecule has 0 amide bonds. The van der Waals surface area contributed by atoms with Crippen molar-refractivity contribution < 1.29 is 0 Å². The Kier molecular flexibility index (Phi) is 5.56. The number of nitrogens with zero attached hydrogens (tertiary/aromatic N) is 5. The van der Waals surface area contributed by atoms with Crippen LogP contribution in [-0.2, 0) is 0 Å². The van der Waals surface area contributed by atoms with E-state index in [1.165, 1.54) is 21.5 Å². The second-order valence-electron chi connectivity index (χ2n) is 11.6. The molecule has 5 aromatic carbocycles. The van der Waals surface area contributed by atoms with E-state index in [1.807, 2.05) is 10.7 Å². The van der Waals surface area contributed by atoms with Crippen molar-refractivity contribution in [1.29, 1.82) is 0 Å². The lowest BCUT2D eigenvalue weighted by atomic mass is 10.0. The van der Waals surface area contributed by atoms with Crippen LogP contribution >= 0.6 is 0 Å². The molecule has 9 rings (SSSR count). The van der Waals surface area contributed by atoms with Gasteiger partial charge in [0.15, 0.2) is 0 Å². The van der Waals surface area contributed by atoms with Crippen molar-refractivity contribution in [3.8, 4) is 28.5 Å². The van der Waals surface area contributed by atoms with E-state index in [9.17, 15) is 0 Å². The molecule has 0 bridgehead atoms. The molecular weight excluding hydrogens is 550 g/mol. The molecule has 214 valence electrons. The lowest BCUT2D eigenvalue weighted by Gasteiger charge is -2.15. The van der Waals surface area contributed by atoms with E-state index in [0.29, 0.717) is 0 Å². The molecule has 0 radical (unpaired) electrons. The maximum absolute atomic E-state index is 5.47. The van der Waals surface area contributed by atoms with Crippen LogP contribution in [0.1, 0.15) is 11.4 Å². The highest BCUT2D eigenvalue weighted by atomic mass is 15.3. The highest BCUT2D eigenvalue weighted by molar-refractivity contribution is 6.10. The molecule has 0 saturated carbocycles. The third-order valence-corrected chi connectivity index (χ3v) is 9.00. The first kappa shape index (κ1) is 25.5. The first-order valence-electron chi connectivity index (χ1n) is 15.3. The van der Waals surface area contributed by atoms with E-state index in [4.69, 9.17) is 10.1 Å². The van der Waals surface area contributed by atoms with Crippen molar-refractivity contribution in [2.75, 3.05) is 0 Å². The molecule has 0 atom stereocenters. The number of aromatic nitrogens is 5. The summed E-state index contributed by atoms with van der Waals surface area (Å²) in [5.41, 5.74) is 9.82. The predicted molar refractivity (Wildman–Crippen MR) is 185 cm³/mol. The van der Waals surface area contributed by atoms with Crippen LogP contribution in [0.4, 0.5) is 0 Å². The monoisotopic (exact) mass is 579 g/mol. The molecule has 9 aromatic rings. The topological polar surface area (TPSA) is 40.6 Å². The zero-order chi connectivity index (χ0) is 30.1. The first-order chi connectivity index (χ1) is 22.2. The standard InChI is InChI=1S/C40H29N5/c1-26-40(27(2)45(42-26)29-14-4-3-5-15-29)28-24-38(43-34-20-10-6-16-30(34)31-17-7-11-21-35(31)43)41-39(25-28)44-36-22-12-8-18-32(36)33-19-9-13-23-37(33)44/h3-25H,1-2H3. The Balaban J connectivity index is 1.40. The highest BCUT2D eigenvalue weighted by Crippen LogP contribution is 2.37. The van der Waals surface area contributed by atoms with E-state index in [2.05, 4.69) is 156 Å². The van der Waals surface area contributed by atoms with Gasteiger partial charge in [-0.15, -0.1) is 0 Å².